The van der Waals surface area contributed by atoms with E-state index in [0.717, 1.165) is 29.0 Å². The van der Waals surface area contributed by atoms with Crippen LogP contribution in [0.25, 0.3) is 0 Å². The molecule has 0 bridgehead atoms. The van der Waals surface area contributed by atoms with Crippen LogP contribution in [0.2, 0.25) is 0 Å². The maximum absolute atomic E-state index is 12.5. The third-order valence-electron chi connectivity index (χ3n) is 2.50. The molecule has 1 amide bonds. The molecule has 0 spiro atoms. The Balaban J connectivity index is 2.75. The van der Waals surface area contributed by atoms with E-state index in [-0.39, 0.29) is 5.91 Å². The van der Waals surface area contributed by atoms with Gasteiger partial charge in [-0.1, -0.05) is 13.8 Å². The van der Waals surface area contributed by atoms with Crippen LogP contribution in [-0.4, -0.2) is 49.4 Å². The first kappa shape index (κ1) is 15.7. The number of nitrogens with zero attached hydrogens (tertiary/aromatic N) is 2. The molecule has 0 aliphatic carbocycles. The summed E-state index contributed by atoms with van der Waals surface area (Å²) in [5.41, 5.74) is 0. The third kappa shape index (κ3) is 4.71. The summed E-state index contributed by atoms with van der Waals surface area (Å²) in [5.74, 6) is 0.613. The molecule has 3 nitrogen and oxygen atoms in total. The first-order chi connectivity index (χ1) is 8.41. The van der Waals surface area contributed by atoms with Crippen molar-refractivity contribution in [1.82, 2.24) is 9.80 Å². The van der Waals surface area contributed by atoms with Crippen molar-refractivity contribution in [3.63, 3.8) is 0 Å². The molecular weight excluding hydrogens is 312 g/mol. The fourth-order valence-corrected chi connectivity index (χ4v) is 3.14. The van der Waals surface area contributed by atoms with E-state index in [4.69, 9.17) is 0 Å². The number of amides is 1. The van der Waals surface area contributed by atoms with E-state index in [1.807, 2.05) is 30.4 Å². The normalized spacial score (nSPS) is 11.3. The number of halogens is 1. The second kappa shape index (κ2) is 7.26. The second-order valence-corrected chi connectivity index (χ2v) is 6.82. The van der Waals surface area contributed by atoms with Gasteiger partial charge in [-0.15, -0.1) is 11.3 Å². The van der Waals surface area contributed by atoms with Gasteiger partial charge >= 0.3 is 0 Å². The minimum atomic E-state index is 0.132. The van der Waals surface area contributed by atoms with E-state index >= 15 is 0 Å². The van der Waals surface area contributed by atoms with E-state index in [1.165, 1.54) is 11.3 Å². The minimum absolute atomic E-state index is 0.132. The van der Waals surface area contributed by atoms with Crippen LogP contribution < -0.4 is 0 Å². The summed E-state index contributed by atoms with van der Waals surface area (Å²) in [6, 6.07) is 1.93. The van der Waals surface area contributed by atoms with Gasteiger partial charge in [0.2, 0.25) is 0 Å². The topological polar surface area (TPSA) is 23.6 Å². The van der Waals surface area contributed by atoms with Crippen molar-refractivity contribution in [2.45, 2.75) is 13.8 Å². The molecule has 0 saturated carbocycles. The Bertz CT molecular complexity index is 390. The number of hydrogen-bond acceptors (Lipinski definition) is 3. The molecule has 18 heavy (non-hydrogen) atoms. The average molecular weight is 333 g/mol. The highest BCUT2D eigenvalue weighted by Crippen LogP contribution is 2.24. The summed E-state index contributed by atoms with van der Waals surface area (Å²) >= 11 is 4.93. The van der Waals surface area contributed by atoms with Gasteiger partial charge in [0.05, 0.1) is 0 Å². The van der Waals surface area contributed by atoms with Crippen molar-refractivity contribution in [3.8, 4) is 0 Å². The van der Waals surface area contributed by atoms with E-state index in [2.05, 4.69) is 34.7 Å². The zero-order valence-corrected chi connectivity index (χ0v) is 13.8. The van der Waals surface area contributed by atoms with Gasteiger partial charge < -0.3 is 9.80 Å². The Kier molecular flexibility index (Phi) is 6.32. The van der Waals surface area contributed by atoms with Crippen LogP contribution in [0, 0.1) is 5.92 Å². The lowest BCUT2D eigenvalue weighted by Crippen LogP contribution is -2.38. The summed E-state index contributed by atoms with van der Waals surface area (Å²) < 4.78 is 0.899. The van der Waals surface area contributed by atoms with Crippen LogP contribution in [-0.2, 0) is 0 Å². The van der Waals surface area contributed by atoms with Crippen LogP contribution in [0.4, 0.5) is 0 Å². The molecule has 0 aliphatic rings. The number of likely N-dealkylation sites (N-methyl/N-ethyl adjacent to an activating group) is 1. The molecule has 0 radical (unpaired) electrons. The van der Waals surface area contributed by atoms with Crippen LogP contribution in [0.1, 0.15) is 23.5 Å². The largest absolute Gasteiger partial charge is 0.336 e. The van der Waals surface area contributed by atoms with Crippen molar-refractivity contribution < 1.29 is 4.79 Å². The monoisotopic (exact) mass is 332 g/mol. The zero-order chi connectivity index (χ0) is 13.7. The van der Waals surface area contributed by atoms with E-state index in [1.54, 1.807) is 0 Å². The summed E-state index contributed by atoms with van der Waals surface area (Å²) in [6.45, 7) is 6.74. The molecule has 0 unspecified atom stereocenters. The average Bonchev–Trinajstić information content (AvgIpc) is 2.69. The maximum atomic E-state index is 12.5. The molecule has 0 saturated heterocycles. The van der Waals surface area contributed by atoms with Crippen molar-refractivity contribution in [1.29, 1.82) is 0 Å². The number of carbonyl (C=O) groups is 1. The van der Waals surface area contributed by atoms with Gasteiger partial charge in [-0.2, -0.15) is 0 Å². The highest BCUT2D eigenvalue weighted by Gasteiger charge is 2.20. The molecule has 0 atom stereocenters. The first-order valence-corrected chi connectivity index (χ1v) is 7.76. The Labute approximate surface area is 122 Å². The summed E-state index contributed by atoms with van der Waals surface area (Å²) in [5, 5.41) is 1.94. The van der Waals surface area contributed by atoms with Gasteiger partial charge in [0.1, 0.15) is 4.88 Å². The van der Waals surface area contributed by atoms with Crippen molar-refractivity contribution in [2.75, 3.05) is 33.7 Å². The molecule has 1 heterocycles. The molecule has 0 N–H and O–H groups in total. The fraction of sp³-hybridized carbons (Fsp3) is 0.615. The number of hydrogen-bond donors (Lipinski definition) is 0. The van der Waals surface area contributed by atoms with Crippen LogP contribution in [0.5, 0.6) is 0 Å². The SMILES string of the molecule is CC(C)CN(CCN(C)C)C(=O)c1sccc1Br. The lowest BCUT2D eigenvalue weighted by atomic mass is 10.2. The van der Waals surface area contributed by atoms with Gasteiger partial charge in [0.15, 0.2) is 0 Å². The number of carbonyl (C=O) groups excluding carboxylic acids is 1. The predicted octanol–water partition coefficient (Wildman–Crippen LogP) is 3.17. The minimum Gasteiger partial charge on any atom is -0.336 e. The highest BCUT2D eigenvalue weighted by atomic mass is 79.9. The predicted molar refractivity (Wildman–Crippen MR) is 81.3 cm³/mol. The Morgan fingerprint density at radius 3 is 2.50 bits per heavy atom. The molecule has 5 heteroatoms. The maximum Gasteiger partial charge on any atom is 0.265 e. The van der Waals surface area contributed by atoms with Crippen LogP contribution in [0.15, 0.2) is 15.9 Å². The van der Waals surface area contributed by atoms with Crippen molar-refractivity contribution in [3.05, 3.63) is 20.8 Å². The molecule has 0 aromatic carbocycles. The van der Waals surface area contributed by atoms with E-state index < -0.39 is 0 Å². The van der Waals surface area contributed by atoms with Gasteiger partial charge in [0.25, 0.3) is 5.91 Å². The molecule has 1 aromatic rings. The molecular formula is C13H21BrN2OS. The van der Waals surface area contributed by atoms with E-state index in [0.29, 0.717) is 5.92 Å². The zero-order valence-electron chi connectivity index (χ0n) is 11.4. The van der Waals surface area contributed by atoms with Gasteiger partial charge in [-0.05, 0) is 47.4 Å². The van der Waals surface area contributed by atoms with Gasteiger partial charge in [-0.3, -0.25) is 4.79 Å². The van der Waals surface area contributed by atoms with Gasteiger partial charge in [-0.25, -0.2) is 0 Å². The highest BCUT2D eigenvalue weighted by molar-refractivity contribution is 9.10. The molecule has 102 valence electrons. The van der Waals surface area contributed by atoms with Gasteiger partial charge in [0, 0.05) is 24.1 Å². The fourth-order valence-electron chi connectivity index (χ4n) is 1.63. The number of rotatable bonds is 6. The van der Waals surface area contributed by atoms with E-state index in [9.17, 15) is 4.79 Å². The number of thiophene rings is 1. The molecule has 0 fully saturated rings. The molecule has 0 aliphatic heterocycles. The quantitative estimate of drug-likeness (QED) is 0.798. The Morgan fingerprint density at radius 1 is 1.39 bits per heavy atom. The Morgan fingerprint density at radius 2 is 2.06 bits per heavy atom. The van der Waals surface area contributed by atoms with Crippen molar-refractivity contribution >= 4 is 33.2 Å². The Hall–Kier alpha value is -0.390. The van der Waals surface area contributed by atoms with Crippen LogP contribution >= 0.6 is 27.3 Å². The third-order valence-corrected chi connectivity index (χ3v) is 4.33. The first-order valence-electron chi connectivity index (χ1n) is 6.08. The summed E-state index contributed by atoms with van der Waals surface area (Å²) in [7, 11) is 4.05. The molecule has 1 aromatic heterocycles. The summed E-state index contributed by atoms with van der Waals surface area (Å²) in [4.78, 5) is 17.3. The smallest absolute Gasteiger partial charge is 0.265 e. The van der Waals surface area contributed by atoms with Crippen molar-refractivity contribution in [2.24, 2.45) is 5.92 Å². The van der Waals surface area contributed by atoms with Crippen LogP contribution in [0.3, 0.4) is 0 Å². The molecule has 1 rings (SSSR count). The lowest BCUT2D eigenvalue weighted by Gasteiger charge is -2.25. The second-order valence-electron chi connectivity index (χ2n) is 5.05. The standard InChI is InChI=1S/C13H21BrN2OS/c1-10(2)9-16(7-6-15(3)4)13(17)12-11(14)5-8-18-12/h5,8,10H,6-7,9H2,1-4H3. The summed E-state index contributed by atoms with van der Waals surface area (Å²) in [6.07, 6.45) is 0. The lowest BCUT2D eigenvalue weighted by molar-refractivity contribution is 0.0729.